The molecule has 5 heteroatoms. The molecule has 0 fully saturated rings. The molecule has 0 atom stereocenters. The van der Waals surface area contributed by atoms with Gasteiger partial charge in [0.25, 0.3) is 0 Å². The Kier molecular flexibility index (Phi) is 3.05. The SMILES string of the molecule is O=C(O)c1cccc(-c2ccncc2)c1C(=O)O. The number of hydrogen-bond acceptors (Lipinski definition) is 3. The summed E-state index contributed by atoms with van der Waals surface area (Å²) in [4.78, 5) is 26.1. The highest BCUT2D eigenvalue weighted by molar-refractivity contribution is 6.06. The van der Waals surface area contributed by atoms with E-state index in [-0.39, 0.29) is 11.1 Å². The molecule has 0 aliphatic carbocycles. The number of pyridine rings is 1. The number of rotatable bonds is 3. The van der Waals surface area contributed by atoms with Crippen molar-refractivity contribution in [1.82, 2.24) is 4.98 Å². The number of carboxylic acid groups (broad SMARTS) is 2. The van der Waals surface area contributed by atoms with Crippen molar-refractivity contribution in [3.05, 3.63) is 53.9 Å². The van der Waals surface area contributed by atoms with Gasteiger partial charge in [-0.25, -0.2) is 9.59 Å². The Labute approximate surface area is 102 Å². The smallest absolute Gasteiger partial charge is 0.337 e. The minimum absolute atomic E-state index is 0.212. The van der Waals surface area contributed by atoms with Crippen molar-refractivity contribution >= 4 is 11.9 Å². The quantitative estimate of drug-likeness (QED) is 0.862. The van der Waals surface area contributed by atoms with Crippen molar-refractivity contribution in [1.29, 1.82) is 0 Å². The van der Waals surface area contributed by atoms with E-state index in [1.165, 1.54) is 24.5 Å². The van der Waals surface area contributed by atoms with Crippen LogP contribution in [0.15, 0.2) is 42.7 Å². The molecule has 2 aromatic rings. The van der Waals surface area contributed by atoms with Gasteiger partial charge in [0.2, 0.25) is 0 Å². The third kappa shape index (κ3) is 2.06. The van der Waals surface area contributed by atoms with Crippen LogP contribution in [0, 0.1) is 0 Å². The second-order valence-corrected chi connectivity index (χ2v) is 3.57. The first-order chi connectivity index (χ1) is 8.61. The van der Waals surface area contributed by atoms with E-state index in [4.69, 9.17) is 5.11 Å². The lowest BCUT2D eigenvalue weighted by atomic mass is 9.96. The Bertz CT molecular complexity index is 608. The van der Waals surface area contributed by atoms with Gasteiger partial charge in [-0.2, -0.15) is 0 Å². The molecule has 0 unspecified atom stereocenters. The third-order valence-corrected chi connectivity index (χ3v) is 2.50. The summed E-state index contributed by atoms with van der Waals surface area (Å²) in [5.41, 5.74) is 0.545. The number of aromatic carboxylic acids is 2. The predicted molar refractivity (Wildman–Crippen MR) is 63.6 cm³/mol. The van der Waals surface area contributed by atoms with Crippen LogP contribution < -0.4 is 0 Å². The molecule has 2 N–H and O–H groups in total. The van der Waals surface area contributed by atoms with E-state index in [1.807, 2.05) is 0 Å². The minimum atomic E-state index is -1.26. The Morgan fingerprint density at radius 1 is 0.944 bits per heavy atom. The highest BCUT2D eigenvalue weighted by Gasteiger charge is 2.20. The molecule has 0 aliphatic rings. The number of carbonyl (C=O) groups is 2. The van der Waals surface area contributed by atoms with E-state index in [1.54, 1.807) is 18.2 Å². The normalized spacial score (nSPS) is 10.0. The van der Waals surface area contributed by atoms with Crippen LogP contribution in [-0.2, 0) is 0 Å². The Hall–Kier alpha value is -2.69. The molecule has 0 amide bonds. The molecule has 0 aliphatic heterocycles. The second-order valence-electron chi connectivity index (χ2n) is 3.57. The number of hydrogen-bond donors (Lipinski definition) is 2. The highest BCUT2D eigenvalue weighted by atomic mass is 16.4. The van der Waals surface area contributed by atoms with Gasteiger partial charge in [-0.3, -0.25) is 4.98 Å². The summed E-state index contributed by atoms with van der Waals surface area (Å²) in [6.07, 6.45) is 3.04. The fraction of sp³-hybridized carbons (Fsp3) is 0. The van der Waals surface area contributed by atoms with Crippen LogP contribution in [0.25, 0.3) is 11.1 Å². The van der Waals surface area contributed by atoms with Gasteiger partial charge in [-0.15, -0.1) is 0 Å². The van der Waals surface area contributed by atoms with Crippen molar-refractivity contribution in [3.63, 3.8) is 0 Å². The van der Waals surface area contributed by atoms with Crippen molar-refractivity contribution in [2.45, 2.75) is 0 Å². The van der Waals surface area contributed by atoms with Gasteiger partial charge in [-0.1, -0.05) is 12.1 Å². The molecule has 0 saturated heterocycles. The van der Waals surface area contributed by atoms with E-state index in [9.17, 15) is 14.7 Å². The van der Waals surface area contributed by atoms with Crippen LogP contribution in [0.2, 0.25) is 0 Å². The zero-order valence-corrected chi connectivity index (χ0v) is 9.20. The number of aromatic nitrogens is 1. The molecule has 5 nitrogen and oxygen atoms in total. The summed E-state index contributed by atoms with van der Waals surface area (Å²) in [5, 5.41) is 18.2. The van der Waals surface area contributed by atoms with E-state index >= 15 is 0 Å². The van der Waals surface area contributed by atoms with E-state index < -0.39 is 11.9 Å². The molecule has 0 saturated carbocycles. The molecular weight excluding hydrogens is 234 g/mol. The highest BCUT2D eigenvalue weighted by Crippen LogP contribution is 2.26. The predicted octanol–water partition coefficient (Wildman–Crippen LogP) is 2.15. The maximum Gasteiger partial charge on any atom is 0.337 e. The van der Waals surface area contributed by atoms with Crippen LogP contribution in [-0.4, -0.2) is 27.1 Å². The first-order valence-electron chi connectivity index (χ1n) is 5.11. The van der Waals surface area contributed by atoms with Gasteiger partial charge in [0.1, 0.15) is 0 Å². The summed E-state index contributed by atoms with van der Waals surface area (Å²) in [6, 6.07) is 7.63. The largest absolute Gasteiger partial charge is 0.478 e. The van der Waals surface area contributed by atoms with Crippen LogP contribution in [0.3, 0.4) is 0 Å². The van der Waals surface area contributed by atoms with Crippen LogP contribution in [0.5, 0.6) is 0 Å². The van der Waals surface area contributed by atoms with Gasteiger partial charge >= 0.3 is 11.9 Å². The summed E-state index contributed by atoms with van der Waals surface area (Å²) in [6.45, 7) is 0. The van der Waals surface area contributed by atoms with Crippen molar-refractivity contribution in [2.75, 3.05) is 0 Å². The molecule has 1 aromatic heterocycles. The molecule has 90 valence electrons. The van der Waals surface area contributed by atoms with E-state index in [0.29, 0.717) is 11.1 Å². The van der Waals surface area contributed by atoms with Gasteiger partial charge in [0, 0.05) is 12.4 Å². The second kappa shape index (κ2) is 4.67. The Morgan fingerprint density at radius 2 is 1.61 bits per heavy atom. The van der Waals surface area contributed by atoms with Crippen LogP contribution in [0.1, 0.15) is 20.7 Å². The topological polar surface area (TPSA) is 87.5 Å². The summed E-state index contributed by atoms with van der Waals surface area (Å²) >= 11 is 0. The molecule has 18 heavy (non-hydrogen) atoms. The van der Waals surface area contributed by atoms with Crippen molar-refractivity contribution < 1.29 is 19.8 Å². The monoisotopic (exact) mass is 243 g/mol. The lowest BCUT2D eigenvalue weighted by molar-refractivity contribution is 0.0652. The standard InChI is InChI=1S/C13H9NO4/c15-12(16)10-3-1-2-9(11(10)13(17)18)8-4-6-14-7-5-8/h1-7H,(H,15,16)(H,17,18). The summed E-state index contributed by atoms with van der Waals surface area (Å²) in [7, 11) is 0. The zero-order valence-electron chi connectivity index (χ0n) is 9.20. The first kappa shape index (κ1) is 11.8. The third-order valence-electron chi connectivity index (χ3n) is 2.50. The van der Waals surface area contributed by atoms with E-state index in [2.05, 4.69) is 4.98 Å². The maximum atomic E-state index is 11.2. The average molecular weight is 243 g/mol. The molecule has 2 rings (SSSR count). The molecule has 0 bridgehead atoms. The van der Waals surface area contributed by atoms with Crippen molar-refractivity contribution in [3.8, 4) is 11.1 Å². The van der Waals surface area contributed by atoms with Crippen LogP contribution >= 0.6 is 0 Å². The molecule has 0 radical (unpaired) electrons. The van der Waals surface area contributed by atoms with Crippen LogP contribution in [0.4, 0.5) is 0 Å². The minimum Gasteiger partial charge on any atom is -0.478 e. The molecule has 0 spiro atoms. The van der Waals surface area contributed by atoms with Crippen molar-refractivity contribution in [2.24, 2.45) is 0 Å². The van der Waals surface area contributed by atoms with Gasteiger partial charge < -0.3 is 10.2 Å². The van der Waals surface area contributed by atoms with Gasteiger partial charge in [0.05, 0.1) is 11.1 Å². The van der Waals surface area contributed by atoms with Gasteiger partial charge in [-0.05, 0) is 29.3 Å². The Morgan fingerprint density at radius 3 is 2.17 bits per heavy atom. The lowest BCUT2D eigenvalue weighted by Crippen LogP contribution is -2.09. The van der Waals surface area contributed by atoms with E-state index in [0.717, 1.165) is 0 Å². The molecule has 1 heterocycles. The zero-order chi connectivity index (χ0) is 13.1. The lowest BCUT2D eigenvalue weighted by Gasteiger charge is -2.08. The first-order valence-corrected chi connectivity index (χ1v) is 5.11. The van der Waals surface area contributed by atoms with Gasteiger partial charge in [0.15, 0.2) is 0 Å². The summed E-state index contributed by atoms with van der Waals surface area (Å²) < 4.78 is 0. The summed E-state index contributed by atoms with van der Waals surface area (Å²) in [5.74, 6) is -2.52. The molecule has 1 aromatic carbocycles. The molecular formula is C13H9NO4. The average Bonchev–Trinajstić information content (AvgIpc) is 2.38. The Balaban J connectivity index is 2.72. The number of nitrogens with zero attached hydrogens (tertiary/aromatic N) is 1. The number of carboxylic acids is 2. The number of benzene rings is 1. The fourth-order valence-corrected chi connectivity index (χ4v) is 1.73. The fourth-order valence-electron chi connectivity index (χ4n) is 1.73. The maximum absolute atomic E-state index is 11.2.